The second-order valence-electron chi connectivity index (χ2n) is 4.05. The number of hydrogen-bond donors (Lipinski definition) is 3. The van der Waals surface area contributed by atoms with Crippen molar-refractivity contribution < 1.29 is 14.9 Å². The minimum absolute atomic E-state index is 0.000516. The van der Waals surface area contributed by atoms with Gasteiger partial charge in [0.05, 0.1) is 6.10 Å². The van der Waals surface area contributed by atoms with Crippen molar-refractivity contribution in [1.82, 2.24) is 9.55 Å². The van der Waals surface area contributed by atoms with Crippen LogP contribution in [0.5, 0.6) is 0 Å². The fraction of sp³-hybridized carbons (Fsp3) is 0.500. The van der Waals surface area contributed by atoms with E-state index in [-0.39, 0.29) is 11.4 Å². The fourth-order valence-electron chi connectivity index (χ4n) is 1.81. The molecule has 1 aromatic heterocycles. The number of aliphatic hydroxyl groups is 2. The molecule has 1 fully saturated rings. The third kappa shape index (κ3) is 1.84. The number of nitrogen functional groups attached to an aromatic ring is 1. The number of nitrogens with two attached hydrogens (primary N) is 1. The zero-order valence-electron chi connectivity index (χ0n) is 9.52. The number of aromatic nitrogens is 2. The first-order valence-electron chi connectivity index (χ1n) is 5.26. The number of ether oxygens (including phenoxy) is 1. The average molecular weight is 252 g/mol. The molecular weight excluding hydrogens is 240 g/mol. The van der Waals surface area contributed by atoms with Crippen LogP contribution in [0.15, 0.2) is 11.0 Å². The highest BCUT2D eigenvalue weighted by atomic mass is 16.6. The highest BCUT2D eigenvalue weighted by molar-refractivity contribution is 5.45. The van der Waals surface area contributed by atoms with E-state index >= 15 is 0 Å². The van der Waals surface area contributed by atoms with Crippen LogP contribution in [0, 0.1) is 11.3 Å². The summed E-state index contributed by atoms with van der Waals surface area (Å²) < 4.78 is 6.22. The lowest BCUT2D eigenvalue weighted by Crippen LogP contribution is -2.35. The average Bonchev–Trinajstić information content (AvgIpc) is 2.57. The van der Waals surface area contributed by atoms with Crippen LogP contribution in [0.4, 0.5) is 5.82 Å². The number of nitriles is 1. The molecule has 1 aliphatic rings. The lowest BCUT2D eigenvalue weighted by atomic mass is 10.1. The molecule has 1 aromatic rings. The van der Waals surface area contributed by atoms with Gasteiger partial charge in [-0.3, -0.25) is 4.57 Å². The molecule has 1 saturated heterocycles. The van der Waals surface area contributed by atoms with E-state index in [9.17, 15) is 15.0 Å². The largest absolute Gasteiger partial charge is 0.388 e. The van der Waals surface area contributed by atoms with Crippen LogP contribution in [0.1, 0.15) is 18.7 Å². The number of hydrogen-bond acceptors (Lipinski definition) is 7. The van der Waals surface area contributed by atoms with Crippen LogP contribution in [-0.2, 0) is 4.74 Å². The van der Waals surface area contributed by atoms with E-state index < -0.39 is 30.2 Å². The molecule has 4 N–H and O–H groups in total. The highest BCUT2D eigenvalue weighted by Gasteiger charge is 2.41. The number of anilines is 1. The molecule has 0 bridgehead atoms. The Kier molecular flexibility index (Phi) is 3.04. The molecule has 0 saturated carbocycles. The van der Waals surface area contributed by atoms with Crippen molar-refractivity contribution in [2.75, 3.05) is 5.73 Å². The summed E-state index contributed by atoms with van der Waals surface area (Å²) in [7, 11) is 0. The molecule has 1 aliphatic heterocycles. The molecule has 2 heterocycles. The number of aliphatic hydroxyl groups excluding tert-OH is 2. The minimum Gasteiger partial charge on any atom is -0.388 e. The lowest BCUT2D eigenvalue weighted by Gasteiger charge is -2.17. The van der Waals surface area contributed by atoms with Crippen LogP contribution in [0.2, 0.25) is 0 Å². The molecule has 8 heteroatoms. The Morgan fingerprint density at radius 1 is 1.56 bits per heavy atom. The predicted octanol–water partition coefficient (Wildman–Crippen LogP) is -1.66. The van der Waals surface area contributed by atoms with Gasteiger partial charge in [0.2, 0.25) is 0 Å². The maximum absolute atomic E-state index is 11.6. The van der Waals surface area contributed by atoms with Gasteiger partial charge in [0.25, 0.3) is 0 Å². The SMILES string of the molecule is C[C@H]1O[C@@H](n2cc(C#N)c(N)nc2=O)C(O)C1O. The van der Waals surface area contributed by atoms with Crippen molar-refractivity contribution in [1.29, 1.82) is 5.26 Å². The van der Waals surface area contributed by atoms with E-state index in [0.29, 0.717) is 0 Å². The summed E-state index contributed by atoms with van der Waals surface area (Å²) >= 11 is 0. The molecule has 18 heavy (non-hydrogen) atoms. The van der Waals surface area contributed by atoms with E-state index in [1.165, 1.54) is 0 Å². The molecule has 4 atom stereocenters. The number of nitrogens with zero attached hydrogens (tertiary/aromatic N) is 3. The zero-order chi connectivity index (χ0) is 13.4. The Morgan fingerprint density at radius 3 is 2.72 bits per heavy atom. The second-order valence-corrected chi connectivity index (χ2v) is 4.05. The minimum atomic E-state index is -1.27. The first kappa shape index (κ1) is 12.5. The Labute approximate surface area is 102 Å². The van der Waals surface area contributed by atoms with E-state index in [2.05, 4.69) is 4.98 Å². The summed E-state index contributed by atoms with van der Waals surface area (Å²) in [6, 6.07) is 1.78. The van der Waals surface area contributed by atoms with Crippen molar-refractivity contribution in [2.24, 2.45) is 0 Å². The van der Waals surface area contributed by atoms with E-state index in [1.807, 2.05) is 0 Å². The van der Waals surface area contributed by atoms with Gasteiger partial charge in [-0.15, -0.1) is 0 Å². The van der Waals surface area contributed by atoms with E-state index in [4.69, 9.17) is 15.7 Å². The van der Waals surface area contributed by atoms with Gasteiger partial charge in [-0.1, -0.05) is 0 Å². The number of rotatable bonds is 1. The maximum Gasteiger partial charge on any atom is 0.351 e. The van der Waals surface area contributed by atoms with Gasteiger partial charge >= 0.3 is 5.69 Å². The van der Waals surface area contributed by atoms with Crippen molar-refractivity contribution >= 4 is 5.82 Å². The third-order valence-corrected chi connectivity index (χ3v) is 2.85. The van der Waals surface area contributed by atoms with Crippen molar-refractivity contribution in [2.45, 2.75) is 31.5 Å². The molecule has 96 valence electrons. The predicted molar refractivity (Wildman–Crippen MR) is 59.2 cm³/mol. The summed E-state index contributed by atoms with van der Waals surface area (Å²) in [6.07, 6.45) is -2.93. The molecule has 0 amide bonds. The summed E-state index contributed by atoms with van der Waals surface area (Å²) in [5.41, 5.74) is 4.64. The van der Waals surface area contributed by atoms with E-state index in [1.54, 1.807) is 13.0 Å². The van der Waals surface area contributed by atoms with Gasteiger partial charge < -0.3 is 20.7 Å². The van der Waals surface area contributed by atoms with Gasteiger partial charge in [0, 0.05) is 6.20 Å². The molecule has 0 spiro atoms. The second kappa shape index (κ2) is 4.38. The van der Waals surface area contributed by atoms with Gasteiger partial charge in [0.1, 0.15) is 29.7 Å². The van der Waals surface area contributed by atoms with Crippen LogP contribution >= 0.6 is 0 Å². The Balaban J connectivity index is 2.47. The molecule has 0 aromatic carbocycles. The molecule has 0 aliphatic carbocycles. The molecule has 0 radical (unpaired) electrons. The van der Waals surface area contributed by atoms with E-state index in [0.717, 1.165) is 10.8 Å². The summed E-state index contributed by atoms with van der Waals surface area (Å²) in [6.45, 7) is 1.56. The first-order chi connectivity index (χ1) is 8.45. The Hall–Kier alpha value is -1.95. The Bertz CT molecular complexity index is 564. The quantitative estimate of drug-likeness (QED) is 0.544. The molecule has 2 unspecified atom stereocenters. The van der Waals surface area contributed by atoms with Crippen LogP contribution in [0.25, 0.3) is 0 Å². The summed E-state index contributed by atoms with van der Waals surface area (Å²) in [5, 5.41) is 28.1. The topological polar surface area (TPSA) is 134 Å². The lowest BCUT2D eigenvalue weighted by molar-refractivity contribution is -0.0350. The van der Waals surface area contributed by atoms with Crippen molar-refractivity contribution in [3.63, 3.8) is 0 Å². The smallest absolute Gasteiger partial charge is 0.351 e. The third-order valence-electron chi connectivity index (χ3n) is 2.85. The first-order valence-corrected chi connectivity index (χ1v) is 5.26. The van der Waals surface area contributed by atoms with Crippen LogP contribution in [0.3, 0.4) is 0 Å². The van der Waals surface area contributed by atoms with Gasteiger partial charge in [0.15, 0.2) is 6.23 Å². The zero-order valence-corrected chi connectivity index (χ0v) is 9.52. The molecule has 2 rings (SSSR count). The maximum atomic E-state index is 11.6. The van der Waals surface area contributed by atoms with Gasteiger partial charge in [-0.2, -0.15) is 10.2 Å². The summed E-state index contributed by atoms with van der Waals surface area (Å²) in [4.78, 5) is 15.1. The molecular formula is C10H12N4O4. The van der Waals surface area contributed by atoms with Crippen LogP contribution in [-0.4, -0.2) is 38.1 Å². The highest BCUT2D eigenvalue weighted by Crippen LogP contribution is 2.28. The molecule has 8 nitrogen and oxygen atoms in total. The van der Waals surface area contributed by atoms with Crippen molar-refractivity contribution in [3.8, 4) is 6.07 Å². The standard InChI is InChI=1S/C10H12N4O4/c1-4-6(15)7(16)9(18-4)14-3-5(2-11)8(12)13-10(14)17/h3-4,6-7,9,15-16H,1H3,(H2,12,13,17)/t4-,6?,7?,9-/m1/s1. The Morgan fingerprint density at radius 2 is 2.22 bits per heavy atom. The normalized spacial score (nSPS) is 31.2. The van der Waals surface area contributed by atoms with Gasteiger partial charge in [-0.25, -0.2) is 4.79 Å². The monoisotopic (exact) mass is 252 g/mol. The fourth-order valence-corrected chi connectivity index (χ4v) is 1.81. The summed E-state index contributed by atoms with van der Waals surface area (Å²) in [5.74, 6) is -0.181. The van der Waals surface area contributed by atoms with Crippen molar-refractivity contribution in [3.05, 3.63) is 22.2 Å². The van der Waals surface area contributed by atoms with Gasteiger partial charge in [-0.05, 0) is 6.92 Å². The van der Waals surface area contributed by atoms with Crippen LogP contribution < -0.4 is 11.4 Å².